The van der Waals surface area contributed by atoms with Crippen LogP contribution in [0.4, 0.5) is 14.6 Å². The van der Waals surface area contributed by atoms with Crippen molar-refractivity contribution in [2.45, 2.75) is 38.1 Å². The number of carbonyl (C=O) groups is 1. The van der Waals surface area contributed by atoms with Crippen molar-refractivity contribution in [3.8, 4) is 11.5 Å². The molecule has 0 saturated heterocycles. The number of hydrogen-bond donors (Lipinski definition) is 3. The van der Waals surface area contributed by atoms with E-state index in [1.54, 1.807) is 0 Å². The van der Waals surface area contributed by atoms with Crippen LogP contribution in [0.15, 0.2) is 18.5 Å². The van der Waals surface area contributed by atoms with Gasteiger partial charge in [-0.3, -0.25) is 15.1 Å². The molecule has 3 fully saturated rings. The zero-order chi connectivity index (χ0) is 21.1. The van der Waals surface area contributed by atoms with E-state index in [-0.39, 0.29) is 62.3 Å². The third-order valence-corrected chi connectivity index (χ3v) is 5.71. The van der Waals surface area contributed by atoms with Crippen molar-refractivity contribution < 1.29 is 57.0 Å². The number of amides is 1. The van der Waals surface area contributed by atoms with Crippen molar-refractivity contribution >= 4 is 23.3 Å². The zero-order valence-electron chi connectivity index (χ0n) is 16.2. The summed E-state index contributed by atoms with van der Waals surface area (Å²) in [6.45, 7) is 0. The van der Waals surface area contributed by atoms with Crippen LogP contribution in [0.1, 0.15) is 32.1 Å². The predicted octanol–water partition coefficient (Wildman–Crippen LogP) is 2.43. The van der Waals surface area contributed by atoms with Crippen molar-refractivity contribution in [2.75, 3.05) is 5.32 Å². The number of nitrogens with zero attached hydrogens (tertiary/aromatic N) is 5. The third-order valence-electron chi connectivity index (χ3n) is 5.71. The van der Waals surface area contributed by atoms with Gasteiger partial charge >= 0.3 is 0 Å². The number of nitrogens with one attached hydrogen (secondary N) is 2. The molecule has 12 heteroatoms. The summed E-state index contributed by atoms with van der Waals surface area (Å²) in [6, 6.07) is 1.53. The fourth-order valence-electron chi connectivity index (χ4n) is 4.32. The average molecular weight is 579 g/mol. The molecule has 1 unspecified atom stereocenters. The summed E-state index contributed by atoms with van der Waals surface area (Å²) in [5.41, 5.74) is 1.87. The number of anilines is 1. The molecular formula is C19H20DyF2N7O2-. The second kappa shape index (κ2) is 10.6. The summed E-state index contributed by atoms with van der Waals surface area (Å²) in [7, 11) is 0. The molecule has 2 bridgehead atoms. The molecule has 0 aromatic carbocycles. The summed E-state index contributed by atoms with van der Waals surface area (Å²) in [5, 5.41) is 18.9. The molecule has 31 heavy (non-hydrogen) atoms. The predicted molar refractivity (Wildman–Crippen MR) is 102 cm³/mol. The second-order valence-electron chi connectivity index (χ2n) is 7.48. The van der Waals surface area contributed by atoms with Gasteiger partial charge in [0.05, 0.1) is 6.20 Å². The van der Waals surface area contributed by atoms with E-state index in [4.69, 9.17) is 10.0 Å². The Bertz CT molecular complexity index is 1040. The molecule has 6 rings (SSSR count). The van der Waals surface area contributed by atoms with Crippen molar-refractivity contribution in [2.24, 2.45) is 11.8 Å². The largest absolute Gasteiger partial charge is 0.439 e. The van der Waals surface area contributed by atoms with E-state index < -0.39 is 11.6 Å². The smallest absolute Gasteiger partial charge is 0.230 e. The molecule has 3 heterocycles. The first kappa shape index (κ1) is 23.7. The second-order valence-corrected chi connectivity index (χ2v) is 7.48. The van der Waals surface area contributed by atoms with E-state index in [0.29, 0.717) is 22.6 Å². The van der Waals surface area contributed by atoms with Gasteiger partial charge in [0.25, 0.3) is 0 Å². The monoisotopic (exact) mass is 580 g/mol. The van der Waals surface area contributed by atoms with Crippen LogP contribution in [0.3, 0.4) is 0 Å². The fourth-order valence-corrected chi connectivity index (χ4v) is 4.32. The van der Waals surface area contributed by atoms with E-state index in [2.05, 4.69) is 30.5 Å². The zero-order valence-corrected chi connectivity index (χ0v) is 18.3. The molecule has 3 aromatic heterocycles. The van der Waals surface area contributed by atoms with E-state index in [9.17, 15) is 8.78 Å². The Morgan fingerprint density at radius 2 is 1.90 bits per heavy atom. The van der Waals surface area contributed by atoms with Crippen molar-refractivity contribution in [1.82, 2.24) is 30.6 Å². The summed E-state index contributed by atoms with van der Waals surface area (Å²) in [4.78, 5) is 21.1. The molecule has 9 nitrogen and oxygen atoms in total. The Kier molecular flexibility index (Phi) is 8.10. The van der Waals surface area contributed by atoms with Gasteiger partial charge in [-0.1, -0.05) is 12.8 Å². The quantitative estimate of drug-likeness (QED) is 0.245. The van der Waals surface area contributed by atoms with Gasteiger partial charge in [-0.2, -0.15) is 0 Å². The van der Waals surface area contributed by atoms with Gasteiger partial charge in [-0.15, -0.1) is 0 Å². The molecule has 3 aliphatic carbocycles. The molecule has 1 atom stereocenters. The molecule has 168 valence electrons. The van der Waals surface area contributed by atoms with Crippen molar-refractivity contribution in [3.05, 3.63) is 30.1 Å². The molecule has 0 aliphatic heterocycles. The number of rotatable bonds is 4. The van der Waals surface area contributed by atoms with Crippen molar-refractivity contribution in [1.29, 1.82) is 0 Å². The first-order valence-corrected chi connectivity index (χ1v) is 9.66. The molecule has 3 aromatic rings. The molecule has 1 amide bonds. The summed E-state index contributed by atoms with van der Waals surface area (Å²) < 4.78 is 27.8. The SMILES string of the molecule is Fc1cnc2[n-]nc(-c3ncc(F)c(NC4CC5CCC4CC5)n3)c2c1.O=CNO.[Dy]. The van der Waals surface area contributed by atoms with Crippen LogP contribution in [0.2, 0.25) is 0 Å². The normalized spacial score (nSPS) is 21.6. The Morgan fingerprint density at radius 1 is 1.16 bits per heavy atom. The Balaban J connectivity index is 0.000000504. The van der Waals surface area contributed by atoms with Crippen LogP contribution in [0, 0.1) is 61.6 Å². The maximum Gasteiger partial charge on any atom is 0.230 e. The van der Waals surface area contributed by atoms with E-state index in [0.717, 1.165) is 24.7 Å². The van der Waals surface area contributed by atoms with Crippen LogP contribution in [-0.2, 0) is 4.79 Å². The Morgan fingerprint density at radius 3 is 2.55 bits per heavy atom. The Labute approximate surface area is 206 Å². The van der Waals surface area contributed by atoms with Crippen LogP contribution in [0.5, 0.6) is 0 Å². The molecule has 3 saturated carbocycles. The maximum absolute atomic E-state index is 14.3. The van der Waals surface area contributed by atoms with Gasteiger partial charge in [-0.25, -0.2) is 24.2 Å². The van der Waals surface area contributed by atoms with Crippen LogP contribution in [0.25, 0.3) is 22.6 Å². The van der Waals surface area contributed by atoms with E-state index in [1.165, 1.54) is 37.2 Å². The number of fused-ring (bicyclic) bond motifs is 4. The van der Waals surface area contributed by atoms with Crippen LogP contribution < -0.4 is 15.9 Å². The topological polar surface area (TPSA) is 127 Å². The molecule has 3 aliphatic rings. The third kappa shape index (κ3) is 5.28. The van der Waals surface area contributed by atoms with E-state index in [1.807, 2.05) is 0 Å². The summed E-state index contributed by atoms with van der Waals surface area (Å²) in [6.07, 6.45) is 8.35. The summed E-state index contributed by atoms with van der Waals surface area (Å²) >= 11 is 0. The number of carbonyl (C=O) groups excluding carboxylic acids is 1. The fraction of sp³-hybridized carbons (Fsp3) is 0.421. The number of halogens is 2. The van der Waals surface area contributed by atoms with E-state index >= 15 is 0 Å². The molecular weight excluding hydrogens is 559 g/mol. The minimum Gasteiger partial charge on any atom is -0.439 e. The number of pyridine rings is 1. The van der Waals surface area contributed by atoms with Gasteiger partial charge < -0.3 is 15.4 Å². The van der Waals surface area contributed by atoms with Crippen molar-refractivity contribution in [3.63, 3.8) is 0 Å². The number of aromatic nitrogens is 5. The van der Waals surface area contributed by atoms with Gasteiger partial charge in [-0.05, 0) is 49.0 Å². The van der Waals surface area contributed by atoms with Gasteiger partial charge in [0.15, 0.2) is 17.5 Å². The minimum absolute atomic E-state index is 0. The Hall–Kier alpha value is -1.94. The number of hydrogen-bond acceptors (Lipinski definition) is 7. The maximum atomic E-state index is 14.3. The van der Waals surface area contributed by atoms with Gasteiger partial charge in [0, 0.05) is 49.6 Å². The van der Waals surface area contributed by atoms with Crippen LogP contribution >= 0.6 is 0 Å². The van der Waals surface area contributed by atoms with Crippen LogP contribution in [-0.4, -0.2) is 37.7 Å². The molecule has 0 radical (unpaired) electrons. The summed E-state index contributed by atoms with van der Waals surface area (Å²) in [5.74, 6) is 0.685. The molecule has 0 spiro atoms. The van der Waals surface area contributed by atoms with Gasteiger partial charge in [0.2, 0.25) is 6.41 Å². The molecule has 3 N–H and O–H groups in total. The first-order chi connectivity index (χ1) is 14.6. The average Bonchev–Trinajstić information content (AvgIpc) is 3.19. The number of hydroxylamine groups is 1. The minimum atomic E-state index is -0.497. The van der Waals surface area contributed by atoms with Gasteiger partial charge in [0.1, 0.15) is 11.5 Å². The standard InChI is InChI=1S/C18H17F2N6.CH3NO2.Dy/c19-11-6-12-15(25-26-16(12)21-7-11)18-22-8-13(20)17(24-18)23-14-5-9-1-3-10(14)4-2-9;3-1-2-4;/h6-10,14H,1-5H2,(H-,21,22,23,24,25,26);1,4H,(H,2,3);/q-1;;. The first-order valence-electron chi connectivity index (χ1n) is 9.66.